The van der Waals surface area contributed by atoms with E-state index in [-0.39, 0.29) is 5.56 Å². The molecule has 2 aromatic carbocycles. The minimum atomic E-state index is -3.09. The number of ether oxygens (including phenoxy) is 5. The number of halogens is 1. The first-order valence-corrected chi connectivity index (χ1v) is 15.0. The summed E-state index contributed by atoms with van der Waals surface area (Å²) in [6, 6.07) is 13.1. The van der Waals surface area contributed by atoms with Gasteiger partial charge in [-0.05, 0) is 22.9 Å². The molecule has 2 heterocycles. The lowest BCUT2D eigenvalue weighted by atomic mass is 10.1. The Kier molecular flexibility index (Phi) is 10.6. The number of hydrogen-bond donors (Lipinski definition) is 0. The first-order chi connectivity index (χ1) is 22.1. The van der Waals surface area contributed by atoms with E-state index in [4.69, 9.17) is 23.7 Å². The summed E-state index contributed by atoms with van der Waals surface area (Å²) in [6.45, 7) is 7.12. The van der Waals surface area contributed by atoms with Gasteiger partial charge in [-0.2, -0.15) is 0 Å². The van der Waals surface area contributed by atoms with Crippen LogP contribution in [0.1, 0.15) is 58.1 Å². The van der Waals surface area contributed by atoms with Crippen molar-refractivity contribution in [3.63, 3.8) is 0 Å². The van der Waals surface area contributed by atoms with Crippen molar-refractivity contribution in [1.29, 1.82) is 0 Å². The predicted octanol–water partition coefficient (Wildman–Crippen LogP) is 3.51. The van der Waals surface area contributed by atoms with Crippen molar-refractivity contribution >= 4 is 34.6 Å². The lowest BCUT2D eigenvalue weighted by molar-refractivity contribution is -0.226. The standard InChI is InChI=1S/C33H37FN2O11/c1-18(2)28(38)43-16-33(34)26(46-30(40)20(5)6)25(45-29(39)19(3)4)27(47-33)35-14-13-24(37)36(32(35)42)17-44-31(41)23-12-11-21-9-7-8-10-22(21)15-23/h7-15,18-20,25-27H,16-17H2,1-6H3/t25-,26+,27-,33-/m1/s1. The molecule has 0 spiro atoms. The first-order valence-electron chi connectivity index (χ1n) is 15.0. The lowest BCUT2D eigenvalue weighted by Gasteiger charge is -2.28. The maximum Gasteiger partial charge on any atom is 0.339 e. The Labute approximate surface area is 269 Å². The molecule has 0 radical (unpaired) electrons. The highest BCUT2D eigenvalue weighted by molar-refractivity contribution is 5.95. The summed E-state index contributed by atoms with van der Waals surface area (Å²) in [6.07, 6.45) is -4.62. The number of alkyl halides is 1. The van der Waals surface area contributed by atoms with Gasteiger partial charge in [-0.1, -0.05) is 71.9 Å². The molecule has 3 aromatic rings. The van der Waals surface area contributed by atoms with E-state index in [0.29, 0.717) is 4.57 Å². The van der Waals surface area contributed by atoms with E-state index in [1.54, 1.807) is 24.3 Å². The summed E-state index contributed by atoms with van der Waals surface area (Å²) in [5.74, 6) is -8.57. The van der Waals surface area contributed by atoms with Gasteiger partial charge in [0.2, 0.25) is 6.10 Å². The van der Waals surface area contributed by atoms with Crippen molar-refractivity contribution in [1.82, 2.24) is 9.13 Å². The molecule has 0 aliphatic carbocycles. The lowest BCUT2D eigenvalue weighted by Crippen LogP contribution is -2.49. The van der Waals surface area contributed by atoms with E-state index < -0.39 is 90.5 Å². The van der Waals surface area contributed by atoms with E-state index in [9.17, 15) is 28.8 Å². The van der Waals surface area contributed by atoms with Crippen LogP contribution in [0.4, 0.5) is 4.39 Å². The van der Waals surface area contributed by atoms with Crippen LogP contribution in [0.25, 0.3) is 10.8 Å². The first kappa shape index (κ1) is 35.0. The molecule has 0 amide bonds. The SMILES string of the molecule is CC(C)C(=O)OC[C@@]1(F)O[C@@H](n2ccc(=O)n(COC(=O)c3ccc4ccccc4c3)c2=O)[C@H](OC(=O)C(C)C)[C@@H]1OC(=O)C(C)C. The fourth-order valence-electron chi connectivity index (χ4n) is 4.57. The van der Waals surface area contributed by atoms with E-state index in [1.807, 2.05) is 12.1 Å². The highest BCUT2D eigenvalue weighted by Gasteiger charge is 2.62. The summed E-state index contributed by atoms with van der Waals surface area (Å²) in [5.41, 5.74) is -1.83. The second-order valence-corrected chi connectivity index (χ2v) is 12.0. The Hall–Kier alpha value is -4.85. The van der Waals surface area contributed by atoms with Gasteiger partial charge in [-0.3, -0.25) is 23.7 Å². The normalized spacial score (nSPS) is 20.9. The van der Waals surface area contributed by atoms with Gasteiger partial charge >= 0.3 is 29.6 Å². The smallest absolute Gasteiger partial charge is 0.339 e. The fourth-order valence-corrected chi connectivity index (χ4v) is 4.57. The third kappa shape index (κ3) is 7.76. The van der Waals surface area contributed by atoms with Gasteiger partial charge in [0, 0.05) is 12.3 Å². The maximum absolute atomic E-state index is 16.7. The number of benzene rings is 2. The quantitative estimate of drug-likeness (QED) is 0.220. The van der Waals surface area contributed by atoms with Gasteiger partial charge in [-0.15, -0.1) is 0 Å². The number of fused-ring (bicyclic) bond motifs is 1. The molecule has 1 saturated heterocycles. The van der Waals surface area contributed by atoms with Gasteiger partial charge in [0.05, 0.1) is 23.3 Å². The van der Waals surface area contributed by atoms with Crippen LogP contribution >= 0.6 is 0 Å². The Morgan fingerprint density at radius 3 is 2.09 bits per heavy atom. The van der Waals surface area contributed by atoms with Crippen LogP contribution in [-0.2, 0) is 44.8 Å². The number of nitrogens with zero attached hydrogens (tertiary/aromatic N) is 2. The molecule has 0 unspecified atom stereocenters. The number of rotatable bonds is 11. The number of carbonyl (C=O) groups is 4. The highest BCUT2D eigenvalue weighted by Crippen LogP contribution is 2.42. The number of aromatic nitrogens is 2. The Bertz CT molecular complexity index is 1780. The van der Waals surface area contributed by atoms with Crippen molar-refractivity contribution in [2.24, 2.45) is 17.8 Å². The minimum absolute atomic E-state index is 0.167. The van der Waals surface area contributed by atoms with Crippen LogP contribution in [0.5, 0.6) is 0 Å². The molecule has 4 rings (SSSR count). The number of hydrogen-bond acceptors (Lipinski definition) is 11. The molecule has 0 saturated carbocycles. The highest BCUT2D eigenvalue weighted by atomic mass is 19.2. The van der Waals surface area contributed by atoms with E-state index >= 15 is 4.39 Å². The van der Waals surface area contributed by atoms with E-state index in [0.717, 1.165) is 27.6 Å². The molecule has 14 heteroatoms. The monoisotopic (exact) mass is 656 g/mol. The zero-order chi connectivity index (χ0) is 34.6. The Balaban J connectivity index is 1.70. The molecule has 252 valence electrons. The van der Waals surface area contributed by atoms with Gasteiger partial charge in [0.25, 0.3) is 11.4 Å². The van der Waals surface area contributed by atoms with Crippen LogP contribution in [-0.4, -0.2) is 57.7 Å². The van der Waals surface area contributed by atoms with Crippen LogP contribution in [0.3, 0.4) is 0 Å². The maximum atomic E-state index is 16.7. The van der Waals surface area contributed by atoms with Crippen LogP contribution < -0.4 is 11.2 Å². The van der Waals surface area contributed by atoms with Crippen LogP contribution in [0.2, 0.25) is 0 Å². The fraction of sp³-hybridized carbons (Fsp3) is 0.455. The second kappa shape index (κ2) is 14.3. The van der Waals surface area contributed by atoms with Gasteiger partial charge in [0.15, 0.2) is 25.7 Å². The average Bonchev–Trinajstić information content (AvgIpc) is 3.29. The Morgan fingerprint density at radius 1 is 0.830 bits per heavy atom. The van der Waals surface area contributed by atoms with Crippen molar-refractivity contribution in [2.45, 2.75) is 72.6 Å². The molecule has 4 atom stereocenters. The molecule has 1 fully saturated rings. The third-order valence-electron chi connectivity index (χ3n) is 7.32. The predicted molar refractivity (Wildman–Crippen MR) is 164 cm³/mol. The third-order valence-corrected chi connectivity index (χ3v) is 7.32. The average molecular weight is 657 g/mol. The molecule has 1 aliphatic rings. The molecule has 1 aliphatic heterocycles. The second-order valence-electron chi connectivity index (χ2n) is 12.0. The van der Waals surface area contributed by atoms with Crippen LogP contribution in [0, 0.1) is 17.8 Å². The van der Waals surface area contributed by atoms with Crippen LogP contribution in [0.15, 0.2) is 64.3 Å². The topological polar surface area (TPSA) is 158 Å². The Morgan fingerprint density at radius 2 is 1.45 bits per heavy atom. The van der Waals surface area contributed by atoms with Crippen molar-refractivity contribution in [3.8, 4) is 0 Å². The molecular weight excluding hydrogens is 619 g/mol. The van der Waals surface area contributed by atoms with Gasteiger partial charge in [0.1, 0.15) is 0 Å². The van der Waals surface area contributed by atoms with E-state index in [1.165, 1.54) is 47.6 Å². The summed E-state index contributed by atoms with van der Waals surface area (Å²) in [4.78, 5) is 77.0. The van der Waals surface area contributed by atoms with Gasteiger partial charge in [-0.25, -0.2) is 18.5 Å². The van der Waals surface area contributed by atoms with Gasteiger partial charge < -0.3 is 23.7 Å². The zero-order valence-corrected chi connectivity index (χ0v) is 26.8. The van der Waals surface area contributed by atoms with Crippen molar-refractivity contribution < 1.29 is 47.3 Å². The summed E-state index contributed by atoms with van der Waals surface area (Å²) < 4.78 is 44.9. The number of esters is 4. The van der Waals surface area contributed by atoms with Crippen molar-refractivity contribution in [3.05, 3.63) is 81.1 Å². The van der Waals surface area contributed by atoms with E-state index in [2.05, 4.69) is 0 Å². The molecule has 47 heavy (non-hydrogen) atoms. The summed E-state index contributed by atoms with van der Waals surface area (Å²) >= 11 is 0. The largest absolute Gasteiger partial charge is 0.459 e. The molecule has 1 aromatic heterocycles. The van der Waals surface area contributed by atoms with Crippen molar-refractivity contribution in [2.75, 3.05) is 6.61 Å². The molecule has 0 N–H and O–H groups in total. The number of carbonyl (C=O) groups excluding carboxylic acids is 4. The summed E-state index contributed by atoms with van der Waals surface area (Å²) in [5, 5.41) is 1.65. The molecule has 13 nitrogen and oxygen atoms in total. The molecule has 0 bridgehead atoms. The molecular formula is C33H37FN2O11. The summed E-state index contributed by atoms with van der Waals surface area (Å²) in [7, 11) is 0. The zero-order valence-electron chi connectivity index (χ0n) is 26.8. The minimum Gasteiger partial charge on any atom is -0.459 e.